The number of amides is 1. The molecule has 4 rings (SSSR count). The third-order valence-corrected chi connectivity index (χ3v) is 7.53. The first-order chi connectivity index (χ1) is 16.6. The summed E-state index contributed by atoms with van der Waals surface area (Å²) in [5, 5.41) is -1.13. The summed E-state index contributed by atoms with van der Waals surface area (Å²) in [6, 6.07) is 15.7. The van der Waals surface area contributed by atoms with Crippen LogP contribution in [0.4, 0.5) is 0 Å². The largest absolute Gasteiger partial charge is 0.495 e. The Balaban J connectivity index is 1.93. The highest BCUT2D eigenvalue weighted by atomic mass is 32.2. The van der Waals surface area contributed by atoms with E-state index in [9.17, 15) is 17.8 Å². The van der Waals surface area contributed by atoms with Crippen LogP contribution in [0.25, 0.3) is 11.1 Å². The van der Waals surface area contributed by atoms with Gasteiger partial charge in [-0.15, -0.1) is 0 Å². The average molecular weight is 495 g/mol. The van der Waals surface area contributed by atoms with Crippen molar-refractivity contribution in [3.63, 3.8) is 0 Å². The minimum atomic E-state index is -4.35. The third-order valence-electron chi connectivity index (χ3n) is 6.21. The van der Waals surface area contributed by atoms with Crippen molar-refractivity contribution in [2.75, 3.05) is 14.2 Å². The van der Waals surface area contributed by atoms with Gasteiger partial charge in [0.15, 0.2) is 11.5 Å². The van der Waals surface area contributed by atoms with Gasteiger partial charge in [0, 0.05) is 18.8 Å². The average Bonchev–Trinajstić information content (AvgIpc) is 3.08. The number of benzene rings is 2. The summed E-state index contributed by atoms with van der Waals surface area (Å²) in [7, 11) is -1.26. The summed E-state index contributed by atoms with van der Waals surface area (Å²) in [6.45, 7) is 1.66. The fourth-order valence-corrected chi connectivity index (χ4v) is 5.29. The van der Waals surface area contributed by atoms with Gasteiger partial charge in [-0.3, -0.25) is 19.2 Å². The van der Waals surface area contributed by atoms with Crippen molar-refractivity contribution in [3.05, 3.63) is 83.7 Å². The highest BCUT2D eigenvalue weighted by molar-refractivity contribution is 7.86. The first-order valence-corrected chi connectivity index (χ1v) is 12.4. The van der Waals surface area contributed by atoms with Crippen LogP contribution in [0.3, 0.4) is 0 Å². The zero-order chi connectivity index (χ0) is 25.4. The summed E-state index contributed by atoms with van der Waals surface area (Å²) < 4.78 is 39.0. The maximum atomic E-state index is 13.7. The lowest BCUT2D eigenvalue weighted by Gasteiger charge is -2.27. The molecule has 1 aliphatic rings. The second-order valence-electron chi connectivity index (χ2n) is 8.28. The number of nitrogens with zero attached hydrogens (tertiary/aromatic N) is 3. The zero-order valence-corrected chi connectivity index (χ0v) is 20.4. The summed E-state index contributed by atoms with van der Waals surface area (Å²) in [4.78, 5) is 23.7. The van der Waals surface area contributed by atoms with Crippen molar-refractivity contribution in [1.29, 1.82) is 0 Å². The fraction of sp³-hybridized carbons (Fsp3) is 0.240. The van der Waals surface area contributed by atoms with Gasteiger partial charge in [-0.2, -0.15) is 8.42 Å². The highest BCUT2D eigenvalue weighted by Gasteiger charge is 2.49. The quantitative estimate of drug-likeness (QED) is 0.482. The van der Waals surface area contributed by atoms with Gasteiger partial charge in [-0.1, -0.05) is 49.4 Å². The van der Waals surface area contributed by atoms with Crippen LogP contribution in [0.5, 0.6) is 5.75 Å². The molecular formula is C25H26N4O5S. The lowest BCUT2D eigenvalue weighted by molar-refractivity contribution is -0.129. The summed E-state index contributed by atoms with van der Waals surface area (Å²) in [6.07, 6.45) is 3.44. The molecule has 0 saturated carbocycles. The SMILES string of the molecule is CCC(c1cccc(C2(c3cccc(-c4cncc(OC)c4)c3)N=C(N)N(C)C2=O)c1)S(=O)(=O)O. The van der Waals surface area contributed by atoms with E-state index in [0.29, 0.717) is 22.4 Å². The van der Waals surface area contributed by atoms with Crippen LogP contribution in [-0.4, -0.2) is 48.9 Å². The van der Waals surface area contributed by atoms with E-state index in [2.05, 4.69) is 9.98 Å². The van der Waals surface area contributed by atoms with Crippen LogP contribution >= 0.6 is 0 Å². The van der Waals surface area contributed by atoms with Crippen molar-refractivity contribution in [2.24, 2.45) is 10.7 Å². The minimum absolute atomic E-state index is 0.0377. The monoisotopic (exact) mass is 494 g/mol. The number of ether oxygens (including phenoxy) is 1. The topological polar surface area (TPSA) is 135 Å². The van der Waals surface area contributed by atoms with E-state index < -0.39 is 20.9 Å². The van der Waals surface area contributed by atoms with E-state index in [-0.39, 0.29) is 18.3 Å². The van der Waals surface area contributed by atoms with Crippen LogP contribution in [-0.2, 0) is 20.5 Å². The Labute approximate surface area is 204 Å². The lowest BCUT2D eigenvalue weighted by atomic mass is 9.81. The van der Waals surface area contributed by atoms with Crippen LogP contribution in [0, 0.1) is 0 Å². The van der Waals surface area contributed by atoms with E-state index in [1.807, 2.05) is 18.2 Å². The third kappa shape index (κ3) is 4.26. The summed E-state index contributed by atoms with van der Waals surface area (Å²) in [5.41, 5.74) is 7.47. The molecule has 0 fully saturated rings. The predicted molar refractivity (Wildman–Crippen MR) is 132 cm³/mol. The number of nitrogens with two attached hydrogens (primary N) is 1. The van der Waals surface area contributed by atoms with Gasteiger partial charge in [-0.05, 0) is 40.8 Å². The van der Waals surface area contributed by atoms with Crippen LogP contribution in [0.2, 0.25) is 0 Å². The molecule has 3 N–H and O–H groups in total. The number of carbonyl (C=O) groups is 1. The van der Waals surface area contributed by atoms with Crippen LogP contribution in [0.15, 0.2) is 72.0 Å². The molecule has 0 radical (unpaired) electrons. The molecule has 0 spiro atoms. The standard InChI is InChI=1S/C25H26N4O5S/c1-4-22(35(31,32)33)17-8-6-10-20(12-17)25(23(30)29(2)24(26)28-25)19-9-5-7-16(11-19)18-13-21(34-3)15-27-14-18/h5-15,22H,4H2,1-3H3,(H2,26,28)(H,31,32,33). The molecule has 182 valence electrons. The molecule has 1 amide bonds. The van der Waals surface area contributed by atoms with E-state index in [1.54, 1.807) is 62.8 Å². The second-order valence-corrected chi connectivity index (χ2v) is 9.88. The van der Waals surface area contributed by atoms with E-state index >= 15 is 0 Å². The number of methoxy groups -OCH3 is 1. The minimum Gasteiger partial charge on any atom is -0.495 e. The number of hydrogen-bond acceptors (Lipinski definition) is 7. The molecule has 9 nitrogen and oxygen atoms in total. The fourth-order valence-electron chi connectivity index (χ4n) is 4.38. The molecule has 3 aromatic rings. The Morgan fingerprint density at radius 3 is 2.37 bits per heavy atom. The Morgan fingerprint density at radius 2 is 1.77 bits per heavy atom. The van der Waals surface area contributed by atoms with Crippen molar-refractivity contribution >= 4 is 22.0 Å². The van der Waals surface area contributed by atoms with Crippen molar-refractivity contribution in [3.8, 4) is 16.9 Å². The number of hydrogen-bond donors (Lipinski definition) is 2. The highest BCUT2D eigenvalue weighted by Crippen LogP contribution is 2.42. The number of likely N-dealkylation sites (N-methyl/N-ethyl adjacent to an activating group) is 1. The first-order valence-electron chi connectivity index (χ1n) is 10.9. The maximum absolute atomic E-state index is 13.7. The van der Waals surface area contributed by atoms with Gasteiger partial charge in [0.25, 0.3) is 16.0 Å². The van der Waals surface area contributed by atoms with Gasteiger partial charge in [-0.25, -0.2) is 4.99 Å². The van der Waals surface area contributed by atoms with Gasteiger partial charge in [0.2, 0.25) is 0 Å². The lowest BCUT2D eigenvalue weighted by Crippen LogP contribution is -2.41. The van der Waals surface area contributed by atoms with Crippen molar-refractivity contribution < 1.29 is 22.5 Å². The van der Waals surface area contributed by atoms with E-state index in [0.717, 1.165) is 11.1 Å². The summed E-state index contributed by atoms with van der Waals surface area (Å²) >= 11 is 0. The molecule has 10 heteroatoms. The molecular weight excluding hydrogens is 468 g/mol. The molecule has 2 atom stereocenters. The number of guanidine groups is 1. The number of aromatic nitrogens is 1. The number of aliphatic imine (C=N–C) groups is 1. The Kier molecular flexibility index (Phi) is 6.35. The number of rotatable bonds is 7. The van der Waals surface area contributed by atoms with E-state index in [4.69, 9.17) is 10.5 Å². The van der Waals surface area contributed by atoms with Gasteiger partial charge >= 0.3 is 0 Å². The molecule has 1 aliphatic heterocycles. The smallest absolute Gasteiger partial charge is 0.271 e. The van der Waals surface area contributed by atoms with Crippen LogP contribution < -0.4 is 10.5 Å². The normalized spacial score (nSPS) is 18.9. The maximum Gasteiger partial charge on any atom is 0.271 e. The molecule has 2 heterocycles. The molecule has 2 aromatic carbocycles. The Morgan fingerprint density at radius 1 is 1.09 bits per heavy atom. The molecule has 0 aliphatic carbocycles. The van der Waals surface area contributed by atoms with Crippen molar-refractivity contribution in [1.82, 2.24) is 9.88 Å². The van der Waals surface area contributed by atoms with Gasteiger partial charge in [0.1, 0.15) is 11.0 Å². The Hall–Kier alpha value is -3.76. The number of pyridine rings is 1. The molecule has 35 heavy (non-hydrogen) atoms. The summed E-state index contributed by atoms with van der Waals surface area (Å²) in [5.74, 6) is 0.244. The first kappa shape index (κ1) is 24.4. The molecule has 0 bridgehead atoms. The second kappa shape index (κ2) is 9.12. The van der Waals surface area contributed by atoms with Gasteiger partial charge < -0.3 is 10.5 Å². The predicted octanol–water partition coefficient (Wildman–Crippen LogP) is 3.13. The molecule has 1 aromatic heterocycles. The van der Waals surface area contributed by atoms with Crippen LogP contribution in [0.1, 0.15) is 35.3 Å². The Bertz CT molecular complexity index is 1420. The zero-order valence-electron chi connectivity index (χ0n) is 19.5. The molecule has 2 unspecified atom stereocenters. The molecule has 0 saturated heterocycles. The van der Waals surface area contributed by atoms with Gasteiger partial charge in [0.05, 0.1) is 13.3 Å². The number of carbonyl (C=O) groups excluding carboxylic acids is 1. The van der Waals surface area contributed by atoms with Crippen molar-refractivity contribution in [2.45, 2.75) is 24.1 Å². The van der Waals surface area contributed by atoms with E-state index in [1.165, 1.54) is 11.9 Å².